The number of rotatable bonds is 2. The van der Waals surface area contributed by atoms with Gasteiger partial charge in [0.25, 0.3) is 0 Å². The standard InChI is InChI=1S/C14H25N3O2/c1-11(2)13(18)16-9-5-12(6-10-16)15-14(19)17-7-3-4-8-17/h11-12H,3-10H2,1-2H3,(H,15,19). The van der Waals surface area contributed by atoms with Crippen molar-refractivity contribution >= 4 is 11.9 Å². The first-order valence-corrected chi connectivity index (χ1v) is 7.42. The molecule has 0 spiro atoms. The van der Waals surface area contributed by atoms with Crippen LogP contribution in [0.2, 0.25) is 0 Å². The van der Waals surface area contributed by atoms with E-state index in [-0.39, 0.29) is 23.9 Å². The summed E-state index contributed by atoms with van der Waals surface area (Å²) in [4.78, 5) is 27.7. The number of hydrogen-bond acceptors (Lipinski definition) is 2. The van der Waals surface area contributed by atoms with Crippen molar-refractivity contribution in [3.05, 3.63) is 0 Å². The van der Waals surface area contributed by atoms with E-state index in [0.29, 0.717) is 0 Å². The topological polar surface area (TPSA) is 52.7 Å². The van der Waals surface area contributed by atoms with Gasteiger partial charge in [-0.25, -0.2) is 4.79 Å². The molecule has 0 aromatic heterocycles. The third-order valence-electron chi connectivity index (χ3n) is 4.02. The van der Waals surface area contributed by atoms with Crippen molar-refractivity contribution < 1.29 is 9.59 Å². The minimum Gasteiger partial charge on any atom is -0.342 e. The summed E-state index contributed by atoms with van der Waals surface area (Å²) in [6, 6.07) is 0.301. The second-order valence-electron chi connectivity index (χ2n) is 5.90. The molecule has 2 heterocycles. The van der Waals surface area contributed by atoms with Gasteiger partial charge in [0.2, 0.25) is 5.91 Å². The SMILES string of the molecule is CC(C)C(=O)N1CCC(NC(=O)N2CCCC2)CC1. The molecule has 1 N–H and O–H groups in total. The third-order valence-corrected chi connectivity index (χ3v) is 4.02. The Hall–Kier alpha value is -1.26. The molecule has 5 heteroatoms. The van der Waals surface area contributed by atoms with Crippen molar-refractivity contribution in [2.45, 2.75) is 45.6 Å². The van der Waals surface area contributed by atoms with Crippen LogP contribution in [0.15, 0.2) is 0 Å². The monoisotopic (exact) mass is 267 g/mol. The predicted octanol–water partition coefficient (Wildman–Crippen LogP) is 1.44. The smallest absolute Gasteiger partial charge is 0.317 e. The Bertz CT molecular complexity index is 330. The van der Waals surface area contributed by atoms with Gasteiger partial charge in [-0.1, -0.05) is 13.8 Å². The van der Waals surface area contributed by atoms with Crippen molar-refractivity contribution in [3.63, 3.8) is 0 Å². The van der Waals surface area contributed by atoms with E-state index in [9.17, 15) is 9.59 Å². The lowest BCUT2D eigenvalue weighted by Gasteiger charge is -2.34. The van der Waals surface area contributed by atoms with Crippen molar-refractivity contribution in [1.82, 2.24) is 15.1 Å². The van der Waals surface area contributed by atoms with Crippen LogP contribution >= 0.6 is 0 Å². The average Bonchev–Trinajstić information content (AvgIpc) is 2.92. The van der Waals surface area contributed by atoms with Crippen molar-refractivity contribution in [2.24, 2.45) is 5.92 Å². The molecule has 5 nitrogen and oxygen atoms in total. The Morgan fingerprint density at radius 3 is 2.11 bits per heavy atom. The fourth-order valence-electron chi connectivity index (χ4n) is 2.80. The largest absolute Gasteiger partial charge is 0.342 e. The minimum atomic E-state index is 0.0655. The van der Waals surface area contributed by atoms with Gasteiger partial charge in [0, 0.05) is 38.1 Å². The van der Waals surface area contributed by atoms with Crippen LogP contribution in [-0.4, -0.2) is 54.0 Å². The second-order valence-corrected chi connectivity index (χ2v) is 5.90. The van der Waals surface area contributed by atoms with Crippen LogP contribution in [0.25, 0.3) is 0 Å². The summed E-state index contributed by atoms with van der Waals surface area (Å²) in [5, 5.41) is 3.10. The van der Waals surface area contributed by atoms with Crippen LogP contribution in [0, 0.1) is 5.92 Å². The van der Waals surface area contributed by atoms with Gasteiger partial charge in [-0.3, -0.25) is 4.79 Å². The lowest BCUT2D eigenvalue weighted by molar-refractivity contribution is -0.135. The maximum atomic E-state index is 12.0. The fourth-order valence-corrected chi connectivity index (χ4v) is 2.80. The molecule has 0 atom stereocenters. The van der Waals surface area contributed by atoms with Gasteiger partial charge in [-0.05, 0) is 25.7 Å². The van der Waals surface area contributed by atoms with Crippen LogP contribution in [0.5, 0.6) is 0 Å². The predicted molar refractivity (Wildman–Crippen MR) is 73.8 cm³/mol. The Balaban J connectivity index is 1.74. The number of likely N-dealkylation sites (tertiary alicyclic amines) is 2. The van der Waals surface area contributed by atoms with Crippen molar-refractivity contribution in [1.29, 1.82) is 0 Å². The van der Waals surface area contributed by atoms with E-state index in [0.717, 1.165) is 51.9 Å². The summed E-state index contributed by atoms with van der Waals surface area (Å²) in [6.45, 7) is 7.17. The molecule has 0 aliphatic carbocycles. The number of piperidine rings is 1. The molecule has 0 radical (unpaired) electrons. The molecule has 2 aliphatic rings. The number of urea groups is 1. The highest BCUT2D eigenvalue weighted by molar-refractivity contribution is 5.78. The Labute approximate surface area is 115 Å². The van der Waals surface area contributed by atoms with E-state index in [1.165, 1.54) is 0 Å². The number of carbonyl (C=O) groups excluding carboxylic acids is 2. The van der Waals surface area contributed by atoms with Gasteiger partial charge in [0.1, 0.15) is 0 Å². The molecule has 108 valence electrons. The van der Waals surface area contributed by atoms with Gasteiger partial charge in [-0.15, -0.1) is 0 Å². The average molecular weight is 267 g/mol. The van der Waals surface area contributed by atoms with Gasteiger partial charge in [0.05, 0.1) is 0 Å². The lowest BCUT2D eigenvalue weighted by Crippen LogP contribution is -2.50. The Kier molecular flexibility index (Phi) is 4.66. The molecule has 0 aromatic carbocycles. The second kappa shape index (κ2) is 6.26. The first-order chi connectivity index (χ1) is 9.08. The summed E-state index contributed by atoms with van der Waals surface area (Å²) in [7, 11) is 0. The normalized spacial score (nSPS) is 21.0. The molecular weight excluding hydrogens is 242 g/mol. The molecule has 2 rings (SSSR count). The Morgan fingerprint density at radius 1 is 1.00 bits per heavy atom. The zero-order chi connectivity index (χ0) is 13.8. The first-order valence-electron chi connectivity index (χ1n) is 7.42. The molecule has 2 aliphatic heterocycles. The van der Waals surface area contributed by atoms with E-state index >= 15 is 0 Å². The summed E-state index contributed by atoms with van der Waals surface area (Å²) in [5.41, 5.74) is 0. The van der Waals surface area contributed by atoms with Gasteiger partial charge in [0.15, 0.2) is 0 Å². The molecule has 19 heavy (non-hydrogen) atoms. The van der Waals surface area contributed by atoms with Crippen molar-refractivity contribution in [2.75, 3.05) is 26.2 Å². The molecule has 2 fully saturated rings. The number of nitrogens with one attached hydrogen (secondary N) is 1. The molecule has 0 aromatic rings. The summed E-state index contributed by atoms with van der Waals surface area (Å²) < 4.78 is 0. The summed E-state index contributed by atoms with van der Waals surface area (Å²) >= 11 is 0. The van der Waals surface area contributed by atoms with Crippen LogP contribution in [0.4, 0.5) is 4.79 Å². The highest BCUT2D eigenvalue weighted by Gasteiger charge is 2.26. The zero-order valence-electron chi connectivity index (χ0n) is 12.0. The highest BCUT2D eigenvalue weighted by Crippen LogP contribution is 2.14. The van der Waals surface area contributed by atoms with Gasteiger partial charge >= 0.3 is 6.03 Å². The van der Waals surface area contributed by atoms with E-state index in [1.54, 1.807) is 0 Å². The molecule has 0 unspecified atom stereocenters. The molecule has 0 saturated carbocycles. The first kappa shape index (κ1) is 14.2. The lowest BCUT2D eigenvalue weighted by atomic mass is 10.0. The van der Waals surface area contributed by atoms with E-state index in [2.05, 4.69) is 5.32 Å². The number of carbonyl (C=O) groups is 2. The highest BCUT2D eigenvalue weighted by atomic mass is 16.2. The number of nitrogens with zero attached hydrogens (tertiary/aromatic N) is 2. The Morgan fingerprint density at radius 2 is 1.58 bits per heavy atom. The molecule has 3 amide bonds. The summed E-state index contributed by atoms with van der Waals surface area (Å²) in [6.07, 6.45) is 3.99. The van der Waals surface area contributed by atoms with E-state index in [4.69, 9.17) is 0 Å². The van der Waals surface area contributed by atoms with Crippen LogP contribution < -0.4 is 5.32 Å². The van der Waals surface area contributed by atoms with E-state index < -0.39 is 0 Å². The van der Waals surface area contributed by atoms with Crippen LogP contribution in [0.1, 0.15) is 39.5 Å². The quantitative estimate of drug-likeness (QED) is 0.823. The van der Waals surface area contributed by atoms with Crippen LogP contribution in [0.3, 0.4) is 0 Å². The van der Waals surface area contributed by atoms with Crippen molar-refractivity contribution in [3.8, 4) is 0 Å². The third kappa shape index (κ3) is 3.61. The van der Waals surface area contributed by atoms with Gasteiger partial charge in [-0.2, -0.15) is 0 Å². The molecule has 2 saturated heterocycles. The van der Waals surface area contributed by atoms with Crippen LogP contribution in [-0.2, 0) is 4.79 Å². The fraction of sp³-hybridized carbons (Fsp3) is 0.857. The molecule has 0 bridgehead atoms. The number of hydrogen-bond donors (Lipinski definition) is 1. The molecular formula is C14H25N3O2. The minimum absolute atomic E-state index is 0.0655. The summed E-state index contributed by atoms with van der Waals surface area (Å²) in [5.74, 6) is 0.292. The zero-order valence-corrected chi connectivity index (χ0v) is 12.0. The maximum absolute atomic E-state index is 12.0. The number of amides is 3. The maximum Gasteiger partial charge on any atom is 0.317 e. The van der Waals surface area contributed by atoms with Gasteiger partial charge < -0.3 is 15.1 Å². The van der Waals surface area contributed by atoms with E-state index in [1.807, 2.05) is 23.6 Å².